The van der Waals surface area contributed by atoms with E-state index in [0.29, 0.717) is 5.56 Å². The summed E-state index contributed by atoms with van der Waals surface area (Å²) in [6.07, 6.45) is 3.60. The summed E-state index contributed by atoms with van der Waals surface area (Å²) >= 11 is 1.64. The summed E-state index contributed by atoms with van der Waals surface area (Å²) in [5, 5.41) is 9.41. The van der Waals surface area contributed by atoms with Crippen molar-refractivity contribution in [2.75, 3.05) is 0 Å². The number of hydrogen-bond acceptors (Lipinski definition) is 3. The number of carbonyl (C=O) groups is 1. The van der Waals surface area contributed by atoms with E-state index in [-0.39, 0.29) is 11.9 Å². The van der Waals surface area contributed by atoms with Gasteiger partial charge in [-0.15, -0.1) is 11.3 Å². The summed E-state index contributed by atoms with van der Waals surface area (Å²) in [5.41, 5.74) is 3.82. The molecular formula is C22H19N3OS. The normalized spacial score (nSPS) is 11.9. The molecule has 0 aliphatic heterocycles. The number of nitrogens with one attached hydrogen (secondary N) is 1. The number of nitrogens with zero attached hydrogens (tertiary/aromatic N) is 2. The zero-order valence-electron chi connectivity index (χ0n) is 14.9. The lowest BCUT2D eigenvalue weighted by Crippen LogP contribution is -2.28. The molecule has 0 radical (unpaired) electrons. The summed E-state index contributed by atoms with van der Waals surface area (Å²) < 4.78 is 1.77. The molecule has 5 heteroatoms. The van der Waals surface area contributed by atoms with Crippen molar-refractivity contribution in [2.24, 2.45) is 0 Å². The Morgan fingerprint density at radius 3 is 2.44 bits per heavy atom. The minimum Gasteiger partial charge on any atom is -0.340 e. The molecule has 1 N–H and O–H groups in total. The van der Waals surface area contributed by atoms with Gasteiger partial charge in [-0.2, -0.15) is 5.10 Å². The Hall–Kier alpha value is -3.18. The van der Waals surface area contributed by atoms with Crippen LogP contribution in [0.25, 0.3) is 5.69 Å². The second-order valence-electron chi connectivity index (χ2n) is 6.33. The molecule has 27 heavy (non-hydrogen) atoms. The summed E-state index contributed by atoms with van der Waals surface area (Å²) in [6, 6.07) is 21.5. The maximum Gasteiger partial charge on any atom is 0.252 e. The second kappa shape index (κ2) is 7.60. The second-order valence-corrected chi connectivity index (χ2v) is 7.31. The molecule has 0 aliphatic rings. The van der Waals surface area contributed by atoms with Crippen molar-refractivity contribution in [2.45, 2.75) is 13.0 Å². The first-order chi connectivity index (χ1) is 13.2. The van der Waals surface area contributed by atoms with Crippen LogP contribution in [0.15, 0.2) is 84.5 Å². The molecule has 2 heterocycles. The largest absolute Gasteiger partial charge is 0.340 e. The SMILES string of the molecule is Cc1ccc(C(NC(=O)c2ccc(-n3cccn3)cc2)c2cccs2)cc1. The van der Waals surface area contributed by atoms with Gasteiger partial charge in [-0.3, -0.25) is 4.79 Å². The molecule has 0 saturated carbocycles. The summed E-state index contributed by atoms with van der Waals surface area (Å²) in [4.78, 5) is 14.0. The van der Waals surface area contributed by atoms with Crippen LogP contribution in [0.1, 0.15) is 32.4 Å². The highest BCUT2D eigenvalue weighted by molar-refractivity contribution is 7.10. The van der Waals surface area contributed by atoms with Crippen LogP contribution in [0.4, 0.5) is 0 Å². The van der Waals surface area contributed by atoms with Gasteiger partial charge in [-0.05, 0) is 54.3 Å². The molecule has 0 saturated heterocycles. The molecule has 2 aromatic heterocycles. The van der Waals surface area contributed by atoms with Crippen molar-refractivity contribution >= 4 is 17.2 Å². The van der Waals surface area contributed by atoms with Gasteiger partial charge in [0.1, 0.15) is 0 Å². The smallest absolute Gasteiger partial charge is 0.252 e. The lowest BCUT2D eigenvalue weighted by Gasteiger charge is -2.18. The van der Waals surface area contributed by atoms with Gasteiger partial charge in [0.2, 0.25) is 0 Å². The van der Waals surface area contributed by atoms with Gasteiger partial charge in [0.05, 0.1) is 11.7 Å². The lowest BCUT2D eigenvalue weighted by molar-refractivity contribution is 0.0943. The number of hydrogen-bond donors (Lipinski definition) is 1. The maximum atomic E-state index is 12.9. The van der Waals surface area contributed by atoms with E-state index in [1.165, 1.54) is 5.56 Å². The highest BCUT2D eigenvalue weighted by Gasteiger charge is 2.18. The Morgan fingerprint density at radius 2 is 1.81 bits per heavy atom. The lowest BCUT2D eigenvalue weighted by atomic mass is 10.0. The average Bonchev–Trinajstić information content (AvgIpc) is 3.41. The molecule has 0 bridgehead atoms. The number of aryl methyl sites for hydroxylation is 1. The van der Waals surface area contributed by atoms with Crippen LogP contribution < -0.4 is 5.32 Å². The molecule has 134 valence electrons. The zero-order chi connectivity index (χ0) is 18.6. The Labute approximate surface area is 162 Å². The van der Waals surface area contributed by atoms with E-state index >= 15 is 0 Å². The minimum atomic E-state index is -0.163. The third-order valence-corrected chi connectivity index (χ3v) is 5.35. The van der Waals surface area contributed by atoms with Crippen LogP contribution in [-0.2, 0) is 0 Å². The fraction of sp³-hybridized carbons (Fsp3) is 0.0909. The third-order valence-electron chi connectivity index (χ3n) is 4.41. The molecule has 4 rings (SSSR count). The van der Waals surface area contributed by atoms with Crippen molar-refractivity contribution < 1.29 is 4.79 Å². The number of rotatable bonds is 5. The summed E-state index contributed by atoms with van der Waals surface area (Å²) in [7, 11) is 0. The van der Waals surface area contributed by atoms with Crippen LogP contribution in [0, 0.1) is 6.92 Å². The highest BCUT2D eigenvalue weighted by Crippen LogP contribution is 2.27. The monoisotopic (exact) mass is 373 g/mol. The van der Waals surface area contributed by atoms with Crippen molar-refractivity contribution in [3.63, 3.8) is 0 Å². The quantitative estimate of drug-likeness (QED) is 0.548. The van der Waals surface area contributed by atoms with E-state index < -0.39 is 0 Å². The highest BCUT2D eigenvalue weighted by atomic mass is 32.1. The molecule has 4 aromatic rings. The van der Waals surface area contributed by atoms with Crippen LogP contribution in [-0.4, -0.2) is 15.7 Å². The van der Waals surface area contributed by atoms with Crippen LogP contribution in [0.5, 0.6) is 0 Å². The van der Waals surface area contributed by atoms with E-state index in [9.17, 15) is 4.79 Å². The van der Waals surface area contributed by atoms with Gasteiger partial charge < -0.3 is 5.32 Å². The number of aromatic nitrogens is 2. The first-order valence-electron chi connectivity index (χ1n) is 8.71. The molecular weight excluding hydrogens is 354 g/mol. The minimum absolute atomic E-state index is 0.0963. The number of benzene rings is 2. The van der Waals surface area contributed by atoms with Gasteiger partial charge in [0, 0.05) is 22.8 Å². The average molecular weight is 373 g/mol. The molecule has 0 fully saturated rings. The molecule has 1 unspecified atom stereocenters. The van der Waals surface area contributed by atoms with Crippen molar-refractivity contribution in [1.29, 1.82) is 0 Å². The van der Waals surface area contributed by atoms with E-state index in [1.807, 2.05) is 48.0 Å². The van der Waals surface area contributed by atoms with Crippen LogP contribution >= 0.6 is 11.3 Å². The van der Waals surface area contributed by atoms with Crippen LogP contribution in [0.2, 0.25) is 0 Å². The molecule has 2 aromatic carbocycles. The topological polar surface area (TPSA) is 46.9 Å². The Kier molecular flexibility index (Phi) is 4.85. The molecule has 0 aliphatic carbocycles. The third kappa shape index (κ3) is 3.83. The van der Waals surface area contributed by atoms with Gasteiger partial charge >= 0.3 is 0 Å². The van der Waals surface area contributed by atoms with Crippen molar-refractivity contribution in [3.05, 3.63) is 106 Å². The number of thiophene rings is 1. The number of carbonyl (C=O) groups excluding carboxylic acids is 1. The van der Waals surface area contributed by atoms with E-state index in [0.717, 1.165) is 16.1 Å². The number of amides is 1. The van der Waals surface area contributed by atoms with Gasteiger partial charge in [-0.1, -0.05) is 35.9 Å². The zero-order valence-corrected chi connectivity index (χ0v) is 15.7. The van der Waals surface area contributed by atoms with Crippen molar-refractivity contribution in [1.82, 2.24) is 15.1 Å². The van der Waals surface area contributed by atoms with E-state index in [4.69, 9.17) is 0 Å². The maximum absolute atomic E-state index is 12.9. The van der Waals surface area contributed by atoms with Gasteiger partial charge in [-0.25, -0.2) is 4.68 Å². The first kappa shape index (κ1) is 17.2. The Morgan fingerprint density at radius 1 is 1.04 bits per heavy atom. The van der Waals surface area contributed by atoms with Gasteiger partial charge in [0.15, 0.2) is 0 Å². The van der Waals surface area contributed by atoms with Gasteiger partial charge in [0.25, 0.3) is 5.91 Å². The summed E-state index contributed by atoms with van der Waals surface area (Å²) in [5.74, 6) is -0.0963. The summed E-state index contributed by atoms with van der Waals surface area (Å²) in [6.45, 7) is 2.06. The fourth-order valence-corrected chi connectivity index (χ4v) is 3.74. The Bertz CT molecular complexity index is 1000. The fourth-order valence-electron chi connectivity index (χ4n) is 2.93. The predicted molar refractivity (Wildman–Crippen MR) is 108 cm³/mol. The predicted octanol–water partition coefficient (Wildman–Crippen LogP) is 4.76. The molecule has 1 atom stereocenters. The van der Waals surface area contributed by atoms with E-state index in [1.54, 1.807) is 22.2 Å². The molecule has 4 nitrogen and oxygen atoms in total. The van der Waals surface area contributed by atoms with E-state index in [2.05, 4.69) is 47.7 Å². The van der Waals surface area contributed by atoms with Crippen LogP contribution in [0.3, 0.4) is 0 Å². The molecule has 0 spiro atoms. The molecule has 1 amide bonds. The standard InChI is InChI=1S/C22H19N3OS/c1-16-5-7-17(8-6-16)21(20-4-2-15-27-20)24-22(26)18-9-11-19(12-10-18)25-14-3-13-23-25/h2-15,21H,1H3,(H,24,26). The van der Waals surface area contributed by atoms with Crippen molar-refractivity contribution in [3.8, 4) is 5.69 Å². The Balaban J connectivity index is 1.57. The first-order valence-corrected chi connectivity index (χ1v) is 9.59.